The van der Waals surface area contributed by atoms with E-state index < -0.39 is 9.84 Å². The van der Waals surface area contributed by atoms with E-state index in [1.807, 2.05) is 12.4 Å². The molecule has 1 aromatic heterocycles. The van der Waals surface area contributed by atoms with E-state index in [4.69, 9.17) is 0 Å². The van der Waals surface area contributed by atoms with Gasteiger partial charge in [0, 0.05) is 11.1 Å². The van der Waals surface area contributed by atoms with Gasteiger partial charge in [-0.25, -0.2) is 13.4 Å². The summed E-state index contributed by atoms with van der Waals surface area (Å²) < 4.78 is 22.6. The van der Waals surface area contributed by atoms with Gasteiger partial charge in [0.2, 0.25) is 0 Å². The van der Waals surface area contributed by atoms with Crippen molar-refractivity contribution in [2.45, 2.75) is 25.8 Å². The first-order valence-corrected chi connectivity index (χ1v) is 8.11. The van der Waals surface area contributed by atoms with E-state index in [1.54, 1.807) is 23.8 Å². The minimum Gasteiger partial charge on any atom is -0.312 e. The lowest BCUT2D eigenvalue weighted by molar-refractivity contribution is 0.526. The van der Waals surface area contributed by atoms with E-state index in [9.17, 15) is 8.42 Å². The molecule has 1 aromatic rings. The molecule has 0 radical (unpaired) electrons. The molecule has 1 atom stereocenters. The zero-order valence-corrected chi connectivity index (χ0v) is 11.3. The minimum atomic E-state index is -2.84. The molecular formula is C10H18N2O2S2. The normalized spacial score (nSPS) is 13.9. The molecule has 1 heterocycles. The fraction of sp³-hybridized carbons (Fsp3) is 0.700. The summed E-state index contributed by atoms with van der Waals surface area (Å²) >= 11 is 1.56. The van der Waals surface area contributed by atoms with Gasteiger partial charge < -0.3 is 5.32 Å². The highest BCUT2D eigenvalue weighted by Crippen LogP contribution is 2.18. The predicted molar refractivity (Wildman–Crippen MR) is 67.5 cm³/mol. The monoisotopic (exact) mass is 262 g/mol. The average molecular weight is 262 g/mol. The van der Waals surface area contributed by atoms with Gasteiger partial charge in [0.15, 0.2) is 0 Å². The summed E-state index contributed by atoms with van der Waals surface area (Å²) in [7, 11) is -0.964. The summed E-state index contributed by atoms with van der Waals surface area (Å²) in [6, 6.07) is 0.165. The Labute approximate surface area is 101 Å². The van der Waals surface area contributed by atoms with Crippen LogP contribution in [0.1, 0.15) is 31.5 Å². The molecule has 0 aromatic carbocycles. The summed E-state index contributed by atoms with van der Waals surface area (Å²) in [6.07, 6.45) is 1.48. The molecule has 0 fully saturated rings. The number of rotatable bonds is 7. The van der Waals surface area contributed by atoms with Crippen LogP contribution in [0.25, 0.3) is 0 Å². The molecular weight excluding hydrogens is 244 g/mol. The van der Waals surface area contributed by atoms with Crippen molar-refractivity contribution in [3.63, 3.8) is 0 Å². The van der Waals surface area contributed by atoms with E-state index in [0.717, 1.165) is 12.1 Å². The van der Waals surface area contributed by atoms with Crippen molar-refractivity contribution in [3.8, 4) is 0 Å². The van der Waals surface area contributed by atoms with E-state index in [1.165, 1.54) is 0 Å². The van der Waals surface area contributed by atoms with Crippen LogP contribution < -0.4 is 5.32 Å². The number of hydrogen-bond donors (Lipinski definition) is 1. The lowest BCUT2D eigenvalue weighted by atomic mass is 10.1. The summed E-state index contributed by atoms with van der Waals surface area (Å²) in [5, 5.41) is 5.15. The molecule has 0 aliphatic carbocycles. The summed E-state index contributed by atoms with van der Waals surface area (Å²) in [4.78, 5) is 4.23. The Bertz CT molecular complexity index is 387. The van der Waals surface area contributed by atoms with Gasteiger partial charge >= 0.3 is 0 Å². The second kappa shape index (κ2) is 6.32. The maximum absolute atomic E-state index is 11.3. The SMILES string of the molecule is CCS(=O)(=O)CCCC(NC)c1cscn1. The molecule has 0 aliphatic rings. The second-order valence-corrected chi connectivity index (χ2v) is 6.82. The van der Waals surface area contributed by atoms with Crippen molar-refractivity contribution in [2.75, 3.05) is 18.6 Å². The number of sulfone groups is 1. The average Bonchev–Trinajstić information content (AvgIpc) is 2.78. The van der Waals surface area contributed by atoms with Crippen LogP contribution in [0.2, 0.25) is 0 Å². The van der Waals surface area contributed by atoms with Gasteiger partial charge in [-0.15, -0.1) is 11.3 Å². The lowest BCUT2D eigenvalue weighted by Gasteiger charge is -2.13. The number of thiazole rings is 1. The van der Waals surface area contributed by atoms with Gasteiger partial charge in [0.25, 0.3) is 0 Å². The summed E-state index contributed by atoms with van der Waals surface area (Å²) in [6.45, 7) is 1.69. The van der Waals surface area contributed by atoms with Gasteiger partial charge in [-0.1, -0.05) is 6.92 Å². The topological polar surface area (TPSA) is 59.1 Å². The maximum Gasteiger partial charge on any atom is 0.150 e. The zero-order chi connectivity index (χ0) is 12.0. The maximum atomic E-state index is 11.3. The molecule has 0 spiro atoms. The second-order valence-electron chi connectivity index (χ2n) is 3.63. The highest BCUT2D eigenvalue weighted by Gasteiger charge is 2.13. The van der Waals surface area contributed by atoms with Crippen LogP contribution in [0.15, 0.2) is 10.9 Å². The third-order valence-electron chi connectivity index (χ3n) is 2.54. The van der Waals surface area contributed by atoms with Gasteiger partial charge in [0.05, 0.1) is 23.0 Å². The summed E-state index contributed by atoms with van der Waals surface area (Å²) in [5.41, 5.74) is 2.80. The quantitative estimate of drug-likeness (QED) is 0.811. The Morgan fingerprint density at radius 3 is 2.81 bits per heavy atom. The molecule has 0 bridgehead atoms. The molecule has 1 N–H and O–H groups in total. The van der Waals surface area contributed by atoms with Crippen LogP contribution >= 0.6 is 11.3 Å². The Morgan fingerprint density at radius 2 is 2.31 bits per heavy atom. The van der Waals surface area contributed by atoms with Crippen molar-refractivity contribution < 1.29 is 8.42 Å². The predicted octanol–water partition coefficient (Wildman–Crippen LogP) is 1.62. The Balaban J connectivity index is 2.42. The highest BCUT2D eigenvalue weighted by atomic mass is 32.2. The fourth-order valence-electron chi connectivity index (χ4n) is 1.49. The molecule has 1 rings (SSSR count). The van der Waals surface area contributed by atoms with E-state index in [0.29, 0.717) is 6.42 Å². The minimum absolute atomic E-state index is 0.165. The standard InChI is InChI=1S/C10H18N2O2S2/c1-3-16(13,14)6-4-5-9(11-2)10-7-15-8-12-10/h7-9,11H,3-6H2,1-2H3. The molecule has 4 nitrogen and oxygen atoms in total. The van der Waals surface area contributed by atoms with Crippen LogP contribution in [0.4, 0.5) is 0 Å². The zero-order valence-electron chi connectivity index (χ0n) is 9.64. The van der Waals surface area contributed by atoms with E-state index >= 15 is 0 Å². The number of hydrogen-bond acceptors (Lipinski definition) is 5. The van der Waals surface area contributed by atoms with Crippen LogP contribution in [0.5, 0.6) is 0 Å². The molecule has 16 heavy (non-hydrogen) atoms. The van der Waals surface area contributed by atoms with E-state index in [-0.39, 0.29) is 17.5 Å². The van der Waals surface area contributed by atoms with Gasteiger partial charge in [-0.3, -0.25) is 0 Å². The van der Waals surface area contributed by atoms with Crippen LogP contribution in [0, 0.1) is 0 Å². The number of nitrogens with zero attached hydrogens (tertiary/aromatic N) is 1. The first-order valence-electron chi connectivity index (χ1n) is 5.35. The summed E-state index contributed by atoms with van der Waals surface area (Å²) in [5.74, 6) is 0.500. The Hall–Kier alpha value is -0.460. The van der Waals surface area contributed by atoms with Crippen molar-refractivity contribution in [1.82, 2.24) is 10.3 Å². The van der Waals surface area contributed by atoms with Crippen LogP contribution in [-0.4, -0.2) is 32.0 Å². The van der Waals surface area contributed by atoms with Crippen molar-refractivity contribution >= 4 is 21.2 Å². The third-order valence-corrected chi connectivity index (χ3v) is 4.94. The van der Waals surface area contributed by atoms with Gasteiger partial charge in [-0.05, 0) is 19.9 Å². The van der Waals surface area contributed by atoms with Crippen LogP contribution in [0.3, 0.4) is 0 Å². The van der Waals surface area contributed by atoms with Crippen molar-refractivity contribution in [2.24, 2.45) is 0 Å². The third kappa shape index (κ3) is 4.19. The fourth-order valence-corrected chi connectivity index (χ4v) is 2.99. The smallest absolute Gasteiger partial charge is 0.150 e. The first-order chi connectivity index (χ1) is 7.59. The van der Waals surface area contributed by atoms with Crippen molar-refractivity contribution in [3.05, 3.63) is 16.6 Å². The molecule has 0 saturated carbocycles. The largest absolute Gasteiger partial charge is 0.312 e. The molecule has 0 saturated heterocycles. The van der Waals surface area contributed by atoms with Crippen LogP contribution in [-0.2, 0) is 9.84 Å². The molecule has 0 aliphatic heterocycles. The lowest BCUT2D eigenvalue weighted by Crippen LogP contribution is -2.18. The van der Waals surface area contributed by atoms with Gasteiger partial charge in [-0.2, -0.15) is 0 Å². The molecule has 1 unspecified atom stereocenters. The highest BCUT2D eigenvalue weighted by molar-refractivity contribution is 7.91. The first kappa shape index (κ1) is 13.6. The number of aromatic nitrogens is 1. The van der Waals surface area contributed by atoms with Gasteiger partial charge in [0.1, 0.15) is 9.84 Å². The van der Waals surface area contributed by atoms with E-state index in [2.05, 4.69) is 10.3 Å². The van der Waals surface area contributed by atoms with Crippen molar-refractivity contribution in [1.29, 1.82) is 0 Å². The molecule has 6 heteroatoms. The molecule has 92 valence electrons. The Kier molecular flexibility index (Phi) is 5.37. The molecule has 0 amide bonds. The Morgan fingerprint density at radius 1 is 1.56 bits per heavy atom. The number of nitrogens with one attached hydrogen (secondary N) is 1.